The molecule has 1 aliphatic heterocycles. The Labute approximate surface area is 155 Å². The first-order valence-corrected chi connectivity index (χ1v) is 9.07. The Morgan fingerprint density at radius 3 is 2.35 bits per heavy atom. The molecule has 0 saturated carbocycles. The van der Waals surface area contributed by atoms with E-state index in [0.29, 0.717) is 12.2 Å². The summed E-state index contributed by atoms with van der Waals surface area (Å²) < 4.78 is 6.08. The molecule has 138 valence electrons. The normalized spacial score (nSPS) is 16.0. The van der Waals surface area contributed by atoms with Gasteiger partial charge in [-0.25, -0.2) is 0 Å². The minimum absolute atomic E-state index is 0.121. The van der Waals surface area contributed by atoms with Crippen LogP contribution in [0.3, 0.4) is 0 Å². The summed E-state index contributed by atoms with van der Waals surface area (Å²) >= 11 is 0. The highest BCUT2D eigenvalue weighted by molar-refractivity contribution is 5.95. The Hall–Kier alpha value is -2.49. The Kier molecular flexibility index (Phi) is 4.70. The van der Waals surface area contributed by atoms with Crippen molar-refractivity contribution in [1.29, 1.82) is 0 Å². The molecule has 1 atom stereocenters. The van der Waals surface area contributed by atoms with E-state index in [-0.39, 0.29) is 5.91 Å². The molecule has 4 nitrogen and oxygen atoms in total. The van der Waals surface area contributed by atoms with Gasteiger partial charge >= 0.3 is 0 Å². The van der Waals surface area contributed by atoms with Crippen molar-refractivity contribution in [3.8, 4) is 11.5 Å². The minimum atomic E-state index is -0.523. The van der Waals surface area contributed by atoms with Crippen molar-refractivity contribution < 1.29 is 14.6 Å². The summed E-state index contributed by atoms with van der Waals surface area (Å²) in [6.07, 6.45) is 0.802. The van der Waals surface area contributed by atoms with Crippen molar-refractivity contribution in [3.63, 3.8) is 0 Å². The van der Waals surface area contributed by atoms with E-state index in [1.807, 2.05) is 40.7 Å². The average Bonchev–Trinajstić information content (AvgIpc) is 2.62. The number of hydrogen-bond donors (Lipinski definition) is 2. The number of ether oxygens (including phenoxy) is 1. The molecule has 0 saturated heterocycles. The van der Waals surface area contributed by atoms with Crippen LogP contribution in [0.2, 0.25) is 0 Å². The second kappa shape index (κ2) is 6.67. The molecule has 1 aliphatic rings. The van der Waals surface area contributed by atoms with E-state index in [0.717, 1.165) is 51.2 Å². The van der Waals surface area contributed by atoms with E-state index in [1.165, 1.54) is 5.56 Å². The highest BCUT2D eigenvalue weighted by Crippen LogP contribution is 2.41. The van der Waals surface area contributed by atoms with Crippen LogP contribution in [0.25, 0.3) is 0 Å². The fraction of sp³-hybridized carbons (Fsp3) is 0.409. The molecule has 26 heavy (non-hydrogen) atoms. The Morgan fingerprint density at radius 2 is 1.65 bits per heavy atom. The summed E-state index contributed by atoms with van der Waals surface area (Å²) in [6.45, 7) is 11.8. The van der Waals surface area contributed by atoms with Gasteiger partial charge < -0.3 is 15.2 Å². The molecular weight excluding hydrogens is 326 g/mol. The molecule has 3 rings (SSSR count). The van der Waals surface area contributed by atoms with Gasteiger partial charge in [0.25, 0.3) is 5.91 Å². The fourth-order valence-electron chi connectivity index (χ4n) is 3.60. The third-order valence-electron chi connectivity index (χ3n) is 5.65. The molecule has 1 unspecified atom stereocenters. The number of amides is 1. The number of phenolic OH excluding ortho intramolecular Hbond substituents is 1. The van der Waals surface area contributed by atoms with E-state index in [2.05, 4.69) is 18.3 Å². The first-order valence-electron chi connectivity index (χ1n) is 9.07. The zero-order valence-corrected chi connectivity index (χ0v) is 16.4. The Bertz CT molecular complexity index is 899. The number of nitrogens with one attached hydrogen (secondary N) is 1. The highest BCUT2D eigenvalue weighted by Gasteiger charge is 2.30. The summed E-state index contributed by atoms with van der Waals surface area (Å²) in [4.78, 5) is 12.8. The molecule has 1 amide bonds. The maximum Gasteiger partial charge on any atom is 0.265 e. The van der Waals surface area contributed by atoms with Crippen molar-refractivity contribution in [2.75, 3.05) is 5.32 Å². The van der Waals surface area contributed by atoms with Crippen molar-refractivity contribution >= 4 is 11.6 Å². The van der Waals surface area contributed by atoms with Gasteiger partial charge in [-0.2, -0.15) is 0 Å². The second-order valence-corrected chi connectivity index (χ2v) is 7.42. The Morgan fingerprint density at radius 1 is 1.00 bits per heavy atom. The number of fused-ring (bicyclic) bond motifs is 1. The smallest absolute Gasteiger partial charge is 0.265 e. The van der Waals surface area contributed by atoms with Crippen LogP contribution in [0.1, 0.15) is 45.4 Å². The van der Waals surface area contributed by atoms with E-state index in [1.54, 1.807) is 0 Å². The third-order valence-corrected chi connectivity index (χ3v) is 5.65. The molecular formula is C22H27NO3. The van der Waals surface area contributed by atoms with Gasteiger partial charge in [-0.3, -0.25) is 4.79 Å². The number of benzene rings is 2. The van der Waals surface area contributed by atoms with Crippen LogP contribution in [-0.4, -0.2) is 17.1 Å². The zero-order valence-electron chi connectivity index (χ0n) is 16.4. The molecule has 0 aliphatic carbocycles. The second-order valence-electron chi connectivity index (χ2n) is 7.42. The van der Waals surface area contributed by atoms with E-state index in [4.69, 9.17) is 4.74 Å². The van der Waals surface area contributed by atoms with Crippen LogP contribution in [0.5, 0.6) is 11.5 Å². The SMILES string of the molecule is Cc1cc(C)c(NC(=O)C2CCc3c(C)c(O)c(C)c(C)c3O2)cc1C. The van der Waals surface area contributed by atoms with Crippen molar-refractivity contribution in [1.82, 2.24) is 0 Å². The summed E-state index contributed by atoms with van der Waals surface area (Å²) in [7, 11) is 0. The molecule has 1 heterocycles. The molecule has 0 bridgehead atoms. The van der Waals surface area contributed by atoms with Crippen molar-refractivity contribution in [2.24, 2.45) is 0 Å². The Balaban J connectivity index is 1.85. The van der Waals surface area contributed by atoms with Crippen LogP contribution in [0.4, 0.5) is 5.69 Å². The topological polar surface area (TPSA) is 58.6 Å². The first kappa shape index (κ1) is 18.3. The van der Waals surface area contributed by atoms with Gasteiger partial charge in [-0.15, -0.1) is 0 Å². The van der Waals surface area contributed by atoms with E-state index < -0.39 is 6.10 Å². The zero-order chi connectivity index (χ0) is 19.2. The number of hydrogen-bond acceptors (Lipinski definition) is 3. The van der Waals surface area contributed by atoms with Gasteiger partial charge in [-0.1, -0.05) is 6.07 Å². The number of aromatic hydroxyl groups is 1. The van der Waals surface area contributed by atoms with Crippen molar-refractivity contribution in [3.05, 3.63) is 51.1 Å². The summed E-state index contributed by atoms with van der Waals surface area (Å²) in [6, 6.07) is 4.10. The molecule has 2 aromatic rings. The van der Waals surface area contributed by atoms with Gasteiger partial charge in [-0.05, 0) is 93.8 Å². The van der Waals surface area contributed by atoms with Gasteiger partial charge in [0.05, 0.1) is 0 Å². The van der Waals surface area contributed by atoms with E-state index >= 15 is 0 Å². The highest BCUT2D eigenvalue weighted by atomic mass is 16.5. The monoisotopic (exact) mass is 353 g/mol. The minimum Gasteiger partial charge on any atom is -0.507 e. The standard InChI is InChI=1S/C22H27NO3/c1-11-9-13(3)18(10-12(11)2)23-22(25)19-8-7-17-16(6)20(24)14(4)15(5)21(17)26-19/h9-10,19,24H,7-8H2,1-6H3,(H,23,25). The third kappa shape index (κ3) is 3.05. The number of rotatable bonds is 2. The van der Waals surface area contributed by atoms with Gasteiger partial charge in [0.1, 0.15) is 11.5 Å². The van der Waals surface area contributed by atoms with Gasteiger partial charge in [0, 0.05) is 11.3 Å². The molecule has 4 heteroatoms. The lowest BCUT2D eigenvalue weighted by molar-refractivity contribution is -0.123. The van der Waals surface area contributed by atoms with Gasteiger partial charge in [0.2, 0.25) is 0 Å². The number of phenols is 1. The predicted molar refractivity (Wildman–Crippen MR) is 104 cm³/mol. The predicted octanol–water partition coefficient (Wildman–Crippen LogP) is 4.58. The number of aryl methyl sites for hydroxylation is 3. The molecule has 0 fully saturated rings. The summed E-state index contributed by atoms with van der Waals surface area (Å²) in [5.74, 6) is 0.962. The molecule has 0 radical (unpaired) electrons. The quantitative estimate of drug-likeness (QED) is 0.831. The van der Waals surface area contributed by atoms with Crippen molar-refractivity contribution in [2.45, 2.75) is 60.5 Å². The summed E-state index contributed by atoms with van der Waals surface area (Å²) in [5.41, 5.74) is 7.83. The lowest BCUT2D eigenvalue weighted by Gasteiger charge is -2.29. The largest absolute Gasteiger partial charge is 0.507 e. The lowest BCUT2D eigenvalue weighted by atomic mass is 9.91. The molecule has 2 N–H and O–H groups in total. The van der Waals surface area contributed by atoms with E-state index in [9.17, 15) is 9.90 Å². The van der Waals surface area contributed by atoms with Crippen LogP contribution < -0.4 is 10.1 Å². The molecule has 0 aromatic heterocycles. The van der Waals surface area contributed by atoms with Gasteiger partial charge in [0.15, 0.2) is 6.10 Å². The fourth-order valence-corrected chi connectivity index (χ4v) is 3.60. The van der Waals surface area contributed by atoms with Crippen LogP contribution in [-0.2, 0) is 11.2 Å². The maximum atomic E-state index is 12.8. The average molecular weight is 353 g/mol. The first-order chi connectivity index (χ1) is 12.2. The maximum absolute atomic E-state index is 12.8. The number of anilines is 1. The van der Waals surface area contributed by atoms with Crippen LogP contribution in [0, 0.1) is 41.5 Å². The molecule has 0 spiro atoms. The van der Waals surface area contributed by atoms with Crippen LogP contribution >= 0.6 is 0 Å². The molecule has 2 aromatic carbocycles. The number of carbonyl (C=O) groups excluding carboxylic acids is 1. The lowest BCUT2D eigenvalue weighted by Crippen LogP contribution is -2.36. The number of carbonyl (C=O) groups is 1. The summed E-state index contributed by atoms with van der Waals surface area (Å²) in [5, 5.41) is 13.3. The van der Waals surface area contributed by atoms with Crippen LogP contribution in [0.15, 0.2) is 12.1 Å².